The topological polar surface area (TPSA) is 67.0 Å². The standard InChI is InChI=1S/C18H16FN3O2/c1-12-9-17(22-21-12)13-5-7-15(8-6-13)20-18(23)11-24-16-4-2-3-14(19)10-16/h2-10H,11H2,1H3,(H,20,23)(H,21,22). The molecule has 2 N–H and O–H groups in total. The Morgan fingerprint density at radius 2 is 2.00 bits per heavy atom. The van der Waals surface area contributed by atoms with E-state index < -0.39 is 5.82 Å². The van der Waals surface area contributed by atoms with Gasteiger partial charge in [0.25, 0.3) is 5.91 Å². The number of aromatic amines is 1. The Kier molecular flexibility index (Phi) is 4.56. The van der Waals surface area contributed by atoms with E-state index in [0.717, 1.165) is 17.0 Å². The molecule has 0 radical (unpaired) electrons. The van der Waals surface area contributed by atoms with Crippen LogP contribution in [0.4, 0.5) is 10.1 Å². The summed E-state index contributed by atoms with van der Waals surface area (Å²) < 4.78 is 18.3. The van der Waals surface area contributed by atoms with Crippen molar-refractivity contribution in [1.29, 1.82) is 0 Å². The van der Waals surface area contributed by atoms with Crippen LogP contribution in [0.3, 0.4) is 0 Å². The molecule has 0 saturated heterocycles. The smallest absolute Gasteiger partial charge is 0.262 e. The second-order valence-electron chi connectivity index (χ2n) is 5.31. The van der Waals surface area contributed by atoms with Gasteiger partial charge in [0.1, 0.15) is 11.6 Å². The number of rotatable bonds is 5. The maximum Gasteiger partial charge on any atom is 0.262 e. The van der Waals surface area contributed by atoms with Crippen LogP contribution in [0.25, 0.3) is 11.3 Å². The first-order valence-electron chi connectivity index (χ1n) is 7.41. The zero-order chi connectivity index (χ0) is 16.9. The van der Waals surface area contributed by atoms with Crippen molar-refractivity contribution in [2.75, 3.05) is 11.9 Å². The lowest BCUT2D eigenvalue weighted by Gasteiger charge is -2.08. The first-order valence-corrected chi connectivity index (χ1v) is 7.41. The molecule has 0 fully saturated rings. The van der Waals surface area contributed by atoms with E-state index in [1.165, 1.54) is 18.2 Å². The normalized spacial score (nSPS) is 10.4. The van der Waals surface area contributed by atoms with Crippen LogP contribution in [-0.4, -0.2) is 22.7 Å². The van der Waals surface area contributed by atoms with Gasteiger partial charge in [-0.15, -0.1) is 0 Å². The van der Waals surface area contributed by atoms with Gasteiger partial charge in [-0.25, -0.2) is 4.39 Å². The van der Waals surface area contributed by atoms with Gasteiger partial charge in [0.15, 0.2) is 6.61 Å². The number of hydrogen-bond donors (Lipinski definition) is 2. The number of halogens is 1. The molecule has 1 amide bonds. The highest BCUT2D eigenvalue weighted by Crippen LogP contribution is 2.20. The minimum atomic E-state index is -0.405. The summed E-state index contributed by atoms with van der Waals surface area (Å²) in [7, 11) is 0. The molecule has 0 unspecified atom stereocenters. The molecule has 0 spiro atoms. The third-order valence-corrected chi connectivity index (χ3v) is 3.34. The average Bonchev–Trinajstić information content (AvgIpc) is 3.00. The van der Waals surface area contributed by atoms with Crippen molar-refractivity contribution < 1.29 is 13.9 Å². The number of nitrogens with one attached hydrogen (secondary N) is 2. The largest absolute Gasteiger partial charge is 0.484 e. The number of carbonyl (C=O) groups is 1. The predicted octanol–water partition coefficient (Wildman–Crippen LogP) is 3.54. The third kappa shape index (κ3) is 3.98. The number of H-pyrrole nitrogens is 1. The van der Waals surface area contributed by atoms with Gasteiger partial charge >= 0.3 is 0 Å². The summed E-state index contributed by atoms with van der Waals surface area (Å²) in [6, 6.07) is 14.9. The van der Waals surface area contributed by atoms with E-state index in [-0.39, 0.29) is 12.5 Å². The van der Waals surface area contributed by atoms with Crippen molar-refractivity contribution in [3.63, 3.8) is 0 Å². The minimum Gasteiger partial charge on any atom is -0.484 e. The van der Waals surface area contributed by atoms with Gasteiger partial charge in [-0.05, 0) is 37.3 Å². The lowest BCUT2D eigenvalue weighted by Crippen LogP contribution is -2.20. The maximum atomic E-state index is 13.0. The molecule has 3 rings (SSSR count). The zero-order valence-electron chi connectivity index (χ0n) is 13.0. The molecular weight excluding hydrogens is 309 g/mol. The van der Waals surface area contributed by atoms with Gasteiger partial charge in [-0.2, -0.15) is 5.10 Å². The fourth-order valence-electron chi connectivity index (χ4n) is 2.19. The SMILES string of the molecule is Cc1cc(-c2ccc(NC(=O)COc3cccc(F)c3)cc2)n[nH]1. The predicted molar refractivity (Wildman–Crippen MR) is 89.3 cm³/mol. The molecule has 1 heterocycles. The molecule has 2 aromatic carbocycles. The van der Waals surface area contributed by atoms with E-state index in [2.05, 4.69) is 15.5 Å². The van der Waals surface area contributed by atoms with E-state index in [9.17, 15) is 9.18 Å². The van der Waals surface area contributed by atoms with E-state index in [1.54, 1.807) is 18.2 Å². The molecule has 1 aromatic heterocycles. The van der Waals surface area contributed by atoms with Crippen LogP contribution < -0.4 is 10.1 Å². The molecule has 0 aliphatic rings. The first kappa shape index (κ1) is 15.7. The lowest BCUT2D eigenvalue weighted by atomic mass is 10.1. The Bertz CT molecular complexity index is 843. The highest BCUT2D eigenvalue weighted by Gasteiger charge is 2.06. The number of aromatic nitrogens is 2. The van der Waals surface area contributed by atoms with Crippen molar-refractivity contribution >= 4 is 11.6 Å². The third-order valence-electron chi connectivity index (χ3n) is 3.34. The zero-order valence-corrected chi connectivity index (χ0v) is 13.0. The Hall–Kier alpha value is -3.15. The fourth-order valence-corrected chi connectivity index (χ4v) is 2.19. The number of nitrogens with zero attached hydrogens (tertiary/aromatic N) is 1. The van der Waals surface area contributed by atoms with Crippen LogP contribution in [0.15, 0.2) is 54.6 Å². The highest BCUT2D eigenvalue weighted by molar-refractivity contribution is 5.92. The Morgan fingerprint density at radius 3 is 2.67 bits per heavy atom. The quantitative estimate of drug-likeness (QED) is 0.754. The molecule has 5 nitrogen and oxygen atoms in total. The van der Waals surface area contributed by atoms with Gasteiger partial charge in [0.2, 0.25) is 0 Å². The minimum absolute atomic E-state index is 0.191. The van der Waals surface area contributed by atoms with Gasteiger partial charge in [-0.1, -0.05) is 18.2 Å². The molecule has 6 heteroatoms. The maximum absolute atomic E-state index is 13.0. The van der Waals surface area contributed by atoms with Gasteiger partial charge in [0.05, 0.1) is 5.69 Å². The molecule has 24 heavy (non-hydrogen) atoms. The van der Waals surface area contributed by atoms with Crippen LogP contribution in [-0.2, 0) is 4.79 Å². The summed E-state index contributed by atoms with van der Waals surface area (Å²) in [5.74, 6) is -0.408. The molecule has 0 aliphatic heterocycles. The highest BCUT2D eigenvalue weighted by atomic mass is 19.1. The number of aryl methyl sites for hydroxylation is 1. The lowest BCUT2D eigenvalue weighted by molar-refractivity contribution is -0.118. The molecule has 0 bridgehead atoms. The van der Waals surface area contributed by atoms with Crippen molar-refractivity contribution in [3.05, 3.63) is 66.1 Å². The number of carbonyl (C=O) groups excluding carboxylic acids is 1. The van der Waals surface area contributed by atoms with E-state index in [4.69, 9.17) is 4.74 Å². The molecule has 3 aromatic rings. The Morgan fingerprint density at radius 1 is 1.21 bits per heavy atom. The second-order valence-corrected chi connectivity index (χ2v) is 5.31. The number of amides is 1. The van der Waals surface area contributed by atoms with Crippen LogP contribution in [0.1, 0.15) is 5.69 Å². The van der Waals surface area contributed by atoms with E-state index in [0.29, 0.717) is 11.4 Å². The first-order chi connectivity index (χ1) is 11.6. The summed E-state index contributed by atoms with van der Waals surface area (Å²) in [6.45, 7) is 1.74. The van der Waals surface area contributed by atoms with Gasteiger partial charge in [-0.3, -0.25) is 9.89 Å². The van der Waals surface area contributed by atoms with Crippen LogP contribution in [0, 0.1) is 12.7 Å². The van der Waals surface area contributed by atoms with Gasteiger partial charge < -0.3 is 10.1 Å². The second kappa shape index (κ2) is 6.95. The van der Waals surface area contributed by atoms with Crippen LogP contribution >= 0.6 is 0 Å². The summed E-state index contributed by atoms with van der Waals surface area (Å²) in [5.41, 5.74) is 3.43. The molecular formula is C18H16FN3O2. The average molecular weight is 325 g/mol. The molecule has 0 saturated carbocycles. The van der Waals surface area contributed by atoms with Crippen molar-refractivity contribution in [3.8, 4) is 17.0 Å². The fraction of sp³-hybridized carbons (Fsp3) is 0.111. The Balaban J connectivity index is 1.56. The number of anilines is 1. The number of benzene rings is 2. The van der Waals surface area contributed by atoms with Crippen molar-refractivity contribution in [2.45, 2.75) is 6.92 Å². The summed E-state index contributed by atoms with van der Waals surface area (Å²) >= 11 is 0. The number of hydrogen-bond acceptors (Lipinski definition) is 3. The molecule has 122 valence electrons. The van der Waals surface area contributed by atoms with Crippen molar-refractivity contribution in [1.82, 2.24) is 10.2 Å². The van der Waals surface area contributed by atoms with Crippen LogP contribution in [0.2, 0.25) is 0 Å². The summed E-state index contributed by atoms with van der Waals surface area (Å²) in [5, 5.41) is 9.80. The van der Waals surface area contributed by atoms with E-state index in [1.807, 2.05) is 25.1 Å². The Labute approximate surface area is 138 Å². The summed E-state index contributed by atoms with van der Waals surface area (Å²) in [4.78, 5) is 11.9. The van der Waals surface area contributed by atoms with Crippen LogP contribution in [0.5, 0.6) is 5.75 Å². The van der Waals surface area contributed by atoms with E-state index >= 15 is 0 Å². The van der Waals surface area contributed by atoms with Crippen molar-refractivity contribution in [2.24, 2.45) is 0 Å². The number of ether oxygens (including phenoxy) is 1. The summed E-state index contributed by atoms with van der Waals surface area (Å²) in [6.07, 6.45) is 0. The monoisotopic (exact) mass is 325 g/mol. The molecule has 0 atom stereocenters. The molecule has 0 aliphatic carbocycles. The van der Waals surface area contributed by atoms with Gasteiger partial charge in [0, 0.05) is 23.0 Å².